The molecule has 1 aromatic rings. The Morgan fingerprint density at radius 1 is 1.75 bits per heavy atom. The second kappa shape index (κ2) is 3.05. The number of alkyl halides is 1. The maximum Gasteiger partial charge on any atom is 0.100 e. The molecule has 1 heterocycles. The van der Waals surface area contributed by atoms with Crippen LogP contribution < -0.4 is 0 Å². The van der Waals surface area contributed by atoms with Gasteiger partial charge >= 0.3 is 0 Å². The van der Waals surface area contributed by atoms with E-state index in [9.17, 15) is 0 Å². The van der Waals surface area contributed by atoms with Crippen molar-refractivity contribution in [3.05, 3.63) is 11.9 Å². The molecule has 0 aromatic carbocycles. The lowest BCUT2D eigenvalue weighted by Gasteiger charge is -1.95. The normalized spacial score (nSPS) is 19.5. The predicted octanol–water partition coefficient (Wildman–Crippen LogP) is 1.99. The minimum Gasteiger partial charge on any atom is -0.252 e. The molecule has 4 heteroatoms. The van der Waals surface area contributed by atoms with E-state index < -0.39 is 0 Å². The highest BCUT2D eigenvalue weighted by Crippen LogP contribution is 2.30. The van der Waals surface area contributed by atoms with Crippen molar-refractivity contribution in [1.29, 1.82) is 0 Å². The lowest BCUT2D eigenvalue weighted by atomic mass is 10.3. The summed E-state index contributed by atoms with van der Waals surface area (Å²) in [6, 6.07) is 0. The molecule has 0 aliphatic heterocycles. The fourth-order valence-corrected chi connectivity index (χ4v) is 1.25. The molecular formula is C8H12ClN3. The third-order valence-corrected chi connectivity index (χ3v) is 2.33. The van der Waals surface area contributed by atoms with Crippen LogP contribution in [0.15, 0.2) is 6.20 Å². The second-order valence-electron chi connectivity index (χ2n) is 3.42. The fourth-order valence-electron chi connectivity index (χ4n) is 1.15. The summed E-state index contributed by atoms with van der Waals surface area (Å²) in [4.78, 5) is 0. The van der Waals surface area contributed by atoms with Gasteiger partial charge in [-0.2, -0.15) is 0 Å². The molecule has 1 aliphatic carbocycles. The number of hydrogen-bond acceptors (Lipinski definition) is 2. The van der Waals surface area contributed by atoms with Crippen LogP contribution in [0.1, 0.15) is 30.8 Å². The van der Waals surface area contributed by atoms with Crippen LogP contribution in [0, 0.1) is 5.92 Å². The Kier molecular flexibility index (Phi) is 2.05. The first-order chi connectivity index (χ1) is 5.75. The summed E-state index contributed by atoms with van der Waals surface area (Å²) < 4.78 is 1.89. The van der Waals surface area contributed by atoms with Crippen molar-refractivity contribution in [2.75, 3.05) is 0 Å². The predicted molar refractivity (Wildman–Crippen MR) is 47.0 cm³/mol. The molecule has 0 saturated heterocycles. The van der Waals surface area contributed by atoms with Crippen LogP contribution in [0.2, 0.25) is 0 Å². The molecule has 3 nitrogen and oxygen atoms in total. The van der Waals surface area contributed by atoms with Gasteiger partial charge in [0.1, 0.15) is 5.69 Å². The average molecular weight is 186 g/mol. The zero-order valence-corrected chi connectivity index (χ0v) is 7.83. The Balaban J connectivity index is 2.02. The van der Waals surface area contributed by atoms with Crippen molar-refractivity contribution < 1.29 is 0 Å². The van der Waals surface area contributed by atoms with Crippen LogP contribution in [-0.2, 0) is 6.54 Å². The summed E-state index contributed by atoms with van der Waals surface area (Å²) in [5.41, 5.74) is 0.873. The summed E-state index contributed by atoms with van der Waals surface area (Å²) in [5.74, 6) is 0.838. The van der Waals surface area contributed by atoms with E-state index in [0.29, 0.717) is 0 Å². The zero-order valence-electron chi connectivity index (χ0n) is 7.07. The third-order valence-electron chi connectivity index (χ3n) is 2.11. The number of rotatable bonds is 3. The molecule has 0 spiro atoms. The van der Waals surface area contributed by atoms with Crippen molar-refractivity contribution >= 4 is 11.6 Å². The van der Waals surface area contributed by atoms with Crippen LogP contribution in [-0.4, -0.2) is 15.0 Å². The Labute approximate surface area is 76.7 Å². The number of hydrogen-bond donors (Lipinski definition) is 0. The van der Waals surface area contributed by atoms with Crippen molar-refractivity contribution in [3.8, 4) is 0 Å². The van der Waals surface area contributed by atoms with Crippen molar-refractivity contribution in [2.45, 2.75) is 31.7 Å². The van der Waals surface area contributed by atoms with Crippen LogP contribution in [0.4, 0.5) is 0 Å². The lowest BCUT2D eigenvalue weighted by Crippen LogP contribution is -1.99. The van der Waals surface area contributed by atoms with E-state index in [0.717, 1.165) is 18.2 Å². The SMILES string of the molecule is CC(Cl)c1cn(CC2CC2)nn1. The Morgan fingerprint density at radius 2 is 2.50 bits per heavy atom. The van der Waals surface area contributed by atoms with Crippen molar-refractivity contribution in [2.24, 2.45) is 5.92 Å². The third kappa shape index (κ3) is 1.78. The lowest BCUT2D eigenvalue weighted by molar-refractivity contribution is 0.544. The van der Waals surface area contributed by atoms with Gasteiger partial charge in [-0.05, 0) is 25.7 Å². The van der Waals surface area contributed by atoms with E-state index in [1.165, 1.54) is 12.8 Å². The first kappa shape index (κ1) is 8.05. The van der Waals surface area contributed by atoms with Gasteiger partial charge < -0.3 is 0 Å². The van der Waals surface area contributed by atoms with E-state index in [2.05, 4.69) is 10.3 Å². The number of halogens is 1. The van der Waals surface area contributed by atoms with E-state index in [4.69, 9.17) is 11.6 Å². The van der Waals surface area contributed by atoms with Gasteiger partial charge in [-0.15, -0.1) is 16.7 Å². The monoisotopic (exact) mass is 185 g/mol. The molecule has 0 N–H and O–H groups in total. The van der Waals surface area contributed by atoms with Gasteiger partial charge in [0.25, 0.3) is 0 Å². The highest BCUT2D eigenvalue weighted by Gasteiger charge is 2.22. The minimum atomic E-state index is -0.0297. The van der Waals surface area contributed by atoms with Crippen molar-refractivity contribution in [3.63, 3.8) is 0 Å². The van der Waals surface area contributed by atoms with Gasteiger partial charge in [0.2, 0.25) is 0 Å². The second-order valence-corrected chi connectivity index (χ2v) is 4.08. The van der Waals surface area contributed by atoms with Crippen LogP contribution >= 0.6 is 11.6 Å². The molecule has 1 saturated carbocycles. The number of nitrogens with zero attached hydrogens (tertiary/aromatic N) is 3. The smallest absolute Gasteiger partial charge is 0.100 e. The Bertz CT molecular complexity index is 265. The number of aromatic nitrogens is 3. The van der Waals surface area contributed by atoms with E-state index >= 15 is 0 Å². The molecule has 0 amide bonds. The quantitative estimate of drug-likeness (QED) is 0.675. The maximum absolute atomic E-state index is 5.85. The molecule has 1 fully saturated rings. The van der Waals surface area contributed by atoms with Crippen LogP contribution in [0.5, 0.6) is 0 Å². The summed E-state index contributed by atoms with van der Waals surface area (Å²) in [7, 11) is 0. The molecule has 1 aliphatic rings. The molecule has 0 bridgehead atoms. The summed E-state index contributed by atoms with van der Waals surface area (Å²) in [6.07, 6.45) is 4.62. The molecule has 1 aromatic heterocycles. The van der Waals surface area contributed by atoms with Gasteiger partial charge in [0, 0.05) is 12.7 Å². The molecule has 12 heavy (non-hydrogen) atoms. The summed E-state index contributed by atoms with van der Waals surface area (Å²) in [6.45, 7) is 2.92. The zero-order chi connectivity index (χ0) is 8.55. The highest BCUT2D eigenvalue weighted by molar-refractivity contribution is 6.20. The van der Waals surface area contributed by atoms with E-state index in [-0.39, 0.29) is 5.38 Å². The molecule has 1 unspecified atom stereocenters. The van der Waals surface area contributed by atoms with E-state index in [1.54, 1.807) is 0 Å². The molecule has 0 radical (unpaired) electrons. The van der Waals surface area contributed by atoms with Crippen molar-refractivity contribution in [1.82, 2.24) is 15.0 Å². The van der Waals surface area contributed by atoms with Crippen LogP contribution in [0.25, 0.3) is 0 Å². The average Bonchev–Trinajstić information content (AvgIpc) is 2.66. The standard InChI is InChI=1S/C8H12ClN3/c1-6(9)8-5-12(11-10-8)4-7-2-3-7/h5-7H,2-4H2,1H3. The van der Waals surface area contributed by atoms with E-state index in [1.807, 2.05) is 17.8 Å². The van der Waals surface area contributed by atoms with Gasteiger partial charge in [-0.25, -0.2) is 0 Å². The van der Waals surface area contributed by atoms with Gasteiger partial charge in [0.15, 0.2) is 0 Å². The molecular weight excluding hydrogens is 174 g/mol. The minimum absolute atomic E-state index is 0.0297. The molecule has 66 valence electrons. The molecule has 2 rings (SSSR count). The highest BCUT2D eigenvalue weighted by atomic mass is 35.5. The first-order valence-corrected chi connectivity index (χ1v) is 4.73. The van der Waals surface area contributed by atoms with Gasteiger partial charge in [-0.3, -0.25) is 4.68 Å². The maximum atomic E-state index is 5.85. The summed E-state index contributed by atoms with van der Waals surface area (Å²) in [5, 5.41) is 7.95. The summed E-state index contributed by atoms with van der Waals surface area (Å²) >= 11 is 5.85. The van der Waals surface area contributed by atoms with Crippen LogP contribution in [0.3, 0.4) is 0 Å². The largest absolute Gasteiger partial charge is 0.252 e. The Hall–Kier alpha value is -0.570. The molecule has 1 atom stereocenters. The fraction of sp³-hybridized carbons (Fsp3) is 0.750. The Morgan fingerprint density at radius 3 is 3.00 bits per heavy atom. The topological polar surface area (TPSA) is 30.7 Å². The first-order valence-electron chi connectivity index (χ1n) is 4.30. The van der Waals surface area contributed by atoms with Gasteiger partial charge in [-0.1, -0.05) is 5.21 Å². The van der Waals surface area contributed by atoms with Gasteiger partial charge in [0.05, 0.1) is 5.38 Å².